The number of rotatable bonds is 6. The number of nitrogens with one attached hydrogen (secondary N) is 2. The summed E-state index contributed by atoms with van der Waals surface area (Å²) in [5.74, 6) is 0.647. The van der Waals surface area contributed by atoms with Crippen LogP contribution in [0.4, 0.5) is 0 Å². The molecule has 0 bridgehead atoms. The van der Waals surface area contributed by atoms with Crippen LogP contribution < -0.4 is 10.6 Å². The Labute approximate surface area is 82.1 Å². The molecule has 2 N–H and O–H groups in total. The van der Waals surface area contributed by atoms with Crippen molar-refractivity contribution in [3.63, 3.8) is 0 Å². The molecule has 1 amide bonds. The van der Waals surface area contributed by atoms with Gasteiger partial charge in [-0.15, -0.1) is 0 Å². The van der Waals surface area contributed by atoms with Crippen LogP contribution >= 0.6 is 0 Å². The lowest BCUT2D eigenvalue weighted by atomic mass is 10.4. The van der Waals surface area contributed by atoms with Gasteiger partial charge in [0.2, 0.25) is 12.3 Å². The lowest BCUT2D eigenvalue weighted by Crippen LogP contribution is -2.34. The zero-order valence-electron chi connectivity index (χ0n) is 8.12. The first kappa shape index (κ1) is 10.6. The molecule has 0 aliphatic rings. The van der Waals surface area contributed by atoms with Crippen molar-refractivity contribution in [2.75, 3.05) is 19.6 Å². The number of amides is 1. The second-order valence-electron chi connectivity index (χ2n) is 2.73. The molecule has 0 aliphatic heterocycles. The van der Waals surface area contributed by atoms with Crippen LogP contribution in [0, 0.1) is 0 Å². The van der Waals surface area contributed by atoms with Crippen molar-refractivity contribution in [2.45, 2.75) is 13.3 Å². The van der Waals surface area contributed by atoms with Crippen LogP contribution in [0.25, 0.3) is 0 Å². The van der Waals surface area contributed by atoms with E-state index < -0.39 is 0 Å². The van der Waals surface area contributed by atoms with E-state index in [1.165, 1.54) is 6.39 Å². The van der Waals surface area contributed by atoms with Gasteiger partial charge in [-0.1, -0.05) is 5.16 Å². The topological polar surface area (TPSA) is 80.0 Å². The van der Waals surface area contributed by atoms with Gasteiger partial charge in [0.1, 0.15) is 0 Å². The van der Waals surface area contributed by atoms with Gasteiger partial charge in [0.05, 0.1) is 6.54 Å². The highest BCUT2D eigenvalue weighted by molar-refractivity contribution is 5.77. The van der Waals surface area contributed by atoms with Crippen LogP contribution in [0.1, 0.15) is 12.7 Å². The normalized spacial score (nSPS) is 10.1. The first-order valence-electron chi connectivity index (χ1n) is 4.55. The van der Waals surface area contributed by atoms with Crippen molar-refractivity contribution in [3.8, 4) is 0 Å². The van der Waals surface area contributed by atoms with Gasteiger partial charge in [0.15, 0.2) is 5.82 Å². The van der Waals surface area contributed by atoms with Gasteiger partial charge in [-0.3, -0.25) is 4.79 Å². The van der Waals surface area contributed by atoms with Crippen LogP contribution in [0.15, 0.2) is 10.9 Å². The van der Waals surface area contributed by atoms with Crippen LogP contribution in [-0.2, 0) is 11.2 Å². The maximum Gasteiger partial charge on any atom is 0.233 e. The molecule has 6 nitrogen and oxygen atoms in total. The Kier molecular flexibility index (Phi) is 4.63. The Morgan fingerprint density at radius 3 is 3.14 bits per heavy atom. The lowest BCUT2D eigenvalue weighted by molar-refractivity contribution is -0.120. The number of hydrogen-bond donors (Lipinski definition) is 2. The molecule has 0 aromatic carbocycles. The molecule has 0 radical (unpaired) electrons. The fourth-order valence-corrected chi connectivity index (χ4v) is 0.964. The predicted molar refractivity (Wildman–Crippen MR) is 49.6 cm³/mol. The van der Waals surface area contributed by atoms with Crippen LogP contribution in [-0.4, -0.2) is 35.7 Å². The molecule has 78 valence electrons. The van der Waals surface area contributed by atoms with Crippen LogP contribution in [0.3, 0.4) is 0 Å². The van der Waals surface area contributed by atoms with E-state index in [9.17, 15) is 4.79 Å². The Bertz CT molecular complexity index is 260. The molecule has 1 aromatic rings. The number of carbonyl (C=O) groups excluding carboxylic acids is 1. The summed E-state index contributed by atoms with van der Waals surface area (Å²) in [6.45, 7) is 3.53. The second kappa shape index (κ2) is 6.09. The SMILES string of the molecule is CCNC(=O)CNCCc1ncon1. The summed E-state index contributed by atoms with van der Waals surface area (Å²) < 4.78 is 4.56. The lowest BCUT2D eigenvalue weighted by Gasteiger charge is -2.02. The van der Waals surface area contributed by atoms with E-state index in [-0.39, 0.29) is 5.91 Å². The molecule has 0 aliphatic carbocycles. The molecule has 0 unspecified atom stereocenters. The largest absolute Gasteiger partial charge is 0.355 e. The van der Waals surface area contributed by atoms with E-state index in [0.717, 1.165) is 0 Å². The van der Waals surface area contributed by atoms with Crippen molar-refractivity contribution in [2.24, 2.45) is 0 Å². The minimum absolute atomic E-state index is 0.000567. The number of likely N-dealkylation sites (N-methyl/N-ethyl adjacent to an activating group) is 1. The van der Waals surface area contributed by atoms with Gasteiger partial charge in [-0.05, 0) is 6.92 Å². The molecule has 0 saturated heterocycles. The summed E-state index contributed by atoms with van der Waals surface area (Å²) in [4.78, 5) is 14.8. The highest BCUT2D eigenvalue weighted by Gasteiger charge is 2.00. The molecule has 0 saturated carbocycles. The minimum Gasteiger partial charge on any atom is -0.355 e. The number of hydrogen-bond acceptors (Lipinski definition) is 5. The Morgan fingerprint density at radius 2 is 2.50 bits per heavy atom. The van der Waals surface area contributed by atoms with Crippen LogP contribution in [0.2, 0.25) is 0 Å². The third-order valence-electron chi connectivity index (χ3n) is 1.59. The predicted octanol–water partition coefficient (Wildman–Crippen LogP) is -0.662. The third kappa shape index (κ3) is 3.99. The molecule has 0 atom stereocenters. The maximum absolute atomic E-state index is 11.0. The molecule has 6 heteroatoms. The summed E-state index contributed by atoms with van der Waals surface area (Å²) in [7, 11) is 0. The Hall–Kier alpha value is -1.43. The van der Waals surface area contributed by atoms with E-state index in [1.807, 2.05) is 6.92 Å². The molecule has 1 aromatic heterocycles. The van der Waals surface area contributed by atoms with Crippen LogP contribution in [0.5, 0.6) is 0 Å². The third-order valence-corrected chi connectivity index (χ3v) is 1.59. The van der Waals surface area contributed by atoms with E-state index in [4.69, 9.17) is 0 Å². The summed E-state index contributed by atoms with van der Waals surface area (Å²) in [5.41, 5.74) is 0. The van der Waals surface area contributed by atoms with Gasteiger partial charge in [-0.2, -0.15) is 4.98 Å². The van der Waals surface area contributed by atoms with Crippen molar-refractivity contribution < 1.29 is 9.32 Å². The fourth-order valence-electron chi connectivity index (χ4n) is 0.964. The zero-order chi connectivity index (χ0) is 10.2. The highest BCUT2D eigenvalue weighted by Crippen LogP contribution is 1.87. The maximum atomic E-state index is 11.0. The van der Waals surface area contributed by atoms with E-state index in [2.05, 4.69) is 25.3 Å². The van der Waals surface area contributed by atoms with Crippen molar-refractivity contribution >= 4 is 5.91 Å². The van der Waals surface area contributed by atoms with Crippen molar-refractivity contribution in [1.29, 1.82) is 0 Å². The minimum atomic E-state index is 0.000567. The number of nitrogens with zero attached hydrogens (tertiary/aromatic N) is 2. The molecule has 1 heterocycles. The Balaban J connectivity index is 2.02. The van der Waals surface area contributed by atoms with Gasteiger partial charge >= 0.3 is 0 Å². The molecular formula is C8H14N4O2. The Morgan fingerprint density at radius 1 is 1.64 bits per heavy atom. The smallest absolute Gasteiger partial charge is 0.233 e. The van der Waals surface area contributed by atoms with Gasteiger partial charge in [0.25, 0.3) is 0 Å². The number of aromatic nitrogens is 2. The summed E-state index contributed by atoms with van der Waals surface area (Å²) in [6, 6.07) is 0. The summed E-state index contributed by atoms with van der Waals surface area (Å²) in [6.07, 6.45) is 1.95. The quantitative estimate of drug-likeness (QED) is 0.593. The van der Waals surface area contributed by atoms with Gasteiger partial charge in [0, 0.05) is 19.5 Å². The van der Waals surface area contributed by atoms with E-state index in [1.54, 1.807) is 0 Å². The van der Waals surface area contributed by atoms with Crippen molar-refractivity contribution in [3.05, 3.63) is 12.2 Å². The molecule has 14 heavy (non-hydrogen) atoms. The molecule has 1 rings (SSSR count). The van der Waals surface area contributed by atoms with Gasteiger partial charge < -0.3 is 15.2 Å². The molecule has 0 spiro atoms. The first-order valence-corrected chi connectivity index (χ1v) is 4.55. The molecule has 0 fully saturated rings. The zero-order valence-corrected chi connectivity index (χ0v) is 8.12. The first-order chi connectivity index (χ1) is 6.83. The van der Waals surface area contributed by atoms with Gasteiger partial charge in [-0.25, -0.2) is 0 Å². The summed E-state index contributed by atoms with van der Waals surface area (Å²) in [5, 5.41) is 9.31. The average Bonchev–Trinajstić information content (AvgIpc) is 2.65. The highest BCUT2D eigenvalue weighted by atomic mass is 16.5. The molecular weight excluding hydrogens is 184 g/mol. The van der Waals surface area contributed by atoms with E-state index in [0.29, 0.717) is 31.9 Å². The number of carbonyl (C=O) groups is 1. The fraction of sp³-hybridized carbons (Fsp3) is 0.625. The van der Waals surface area contributed by atoms with E-state index >= 15 is 0 Å². The van der Waals surface area contributed by atoms with Crippen molar-refractivity contribution in [1.82, 2.24) is 20.8 Å². The standard InChI is InChI=1S/C8H14N4O2/c1-2-10-8(13)5-9-4-3-7-11-6-14-12-7/h6,9H,2-5H2,1H3,(H,10,13). The summed E-state index contributed by atoms with van der Waals surface area (Å²) >= 11 is 0. The monoisotopic (exact) mass is 198 g/mol. The average molecular weight is 198 g/mol. The second-order valence-corrected chi connectivity index (χ2v) is 2.73.